The summed E-state index contributed by atoms with van der Waals surface area (Å²) in [5, 5.41) is 15.0. The van der Waals surface area contributed by atoms with Crippen LogP contribution >= 0.6 is 0 Å². The monoisotopic (exact) mass is 292 g/mol. The molecule has 2 fully saturated rings. The average molecular weight is 292 g/mol. The molecule has 0 radical (unpaired) electrons. The van der Waals surface area contributed by atoms with Crippen LogP contribution in [0.2, 0.25) is 0 Å². The third-order valence-corrected chi connectivity index (χ3v) is 5.02. The standard InChI is InChI=1S/C16H28N4O/c1-10(13-8-11-5-6-12(13)7-11)18-15-20-19-14(21-15)9-17-16(2,3)4/h10-13,17H,5-9H2,1-4H3,(H,18,20). The lowest BCUT2D eigenvalue weighted by Crippen LogP contribution is -2.35. The van der Waals surface area contributed by atoms with Gasteiger partial charge in [-0.05, 0) is 64.7 Å². The SMILES string of the molecule is CC(Nc1nnc(CNC(C)(C)C)o1)C1CC2CCC1C2. The highest BCUT2D eigenvalue weighted by Gasteiger charge is 2.42. The zero-order chi connectivity index (χ0) is 15.0. The number of rotatable bonds is 5. The molecule has 2 N–H and O–H groups in total. The van der Waals surface area contributed by atoms with Gasteiger partial charge in [0.1, 0.15) is 0 Å². The predicted octanol–water partition coefficient (Wildman–Crippen LogP) is 3.19. The molecule has 4 unspecified atom stereocenters. The molecule has 2 bridgehead atoms. The van der Waals surface area contributed by atoms with Gasteiger partial charge in [0.05, 0.1) is 6.54 Å². The van der Waals surface area contributed by atoms with Crippen LogP contribution in [-0.2, 0) is 6.54 Å². The van der Waals surface area contributed by atoms with Crippen molar-refractivity contribution in [2.24, 2.45) is 17.8 Å². The zero-order valence-corrected chi connectivity index (χ0v) is 13.6. The van der Waals surface area contributed by atoms with Crippen molar-refractivity contribution >= 4 is 6.01 Å². The molecule has 0 spiro atoms. The van der Waals surface area contributed by atoms with Crippen LogP contribution in [0.5, 0.6) is 0 Å². The fourth-order valence-corrected chi connectivity index (χ4v) is 3.93. The number of aromatic nitrogens is 2. The van der Waals surface area contributed by atoms with Crippen molar-refractivity contribution in [3.63, 3.8) is 0 Å². The molecule has 118 valence electrons. The third-order valence-electron chi connectivity index (χ3n) is 5.02. The number of nitrogens with one attached hydrogen (secondary N) is 2. The third kappa shape index (κ3) is 3.57. The summed E-state index contributed by atoms with van der Waals surface area (Å²) < 4.78 is 5.69. The highest BCUT2D eigenvalue weighted by atomic mass is 16.4. The van der Waals surface area contributed by atoms with E-state index in [0.29, 0.717) is 24.5 Å². The molecular weight excluding hydrogens is 264 g/mol. The van der Waals surface area contributed by atoms with Crippen molar-refractivity contribution in [3.05, 3.63) is 5.89 Å². The molecule has 5 nitrogen and oxygen atoms in total. The second-order valence-corrected chi connectivity index (χ2v) is 7.88. The van der Waals surface area contributed by atoms with Crippen LogP contribution in [0.4, 0.5) is 6.01 Å². The first kappa shape index (κ1) is 14.8. The summed E-state index contributed by atoms with van der Waals surface area (Å²) in [6.07, 6.45) is 5.65. The van der Waals surface area contributed by atoms with Crippen LogP contribution in [-0.4, -0.2) is 21.8 Å². The van der Waals surface area contributed by atoms with Gasteiger partial charge in [-0.2, -0.15) is 0 Å². The van der Waals surface area contributed by atoms with Gasteiger partial charge in [0.2, 0.25) is 5.89 Å². The second-order valence-electron chi connectivity index (χ2n) is 7.88. The molecule has 1 aromatic heterocycles. The maximum atomic E-state index is 5.69. The summed E-state index contributed by atoms with van der Waals surface area (Å²) in [4.78, 5) is 0. The molecule has 3 rings (SSSR count). The molecule has 1 aromatic rings. The zero-order valence-electron chi connectivity index (χ0n) is 13.6. The Hall–Kier alpha value is -1.10. The van der Waals surface area contributed by atoms with E-state index in [1.54, 1.807) is 0 Å². The second kappa shape index (κ2) is 5.59. The van der Waals surface area contributed by atoms with E-state index in [1.165, 1.54) is 25.7 Å². The molecule has 1 heterocycles. The van der Waals surface area contributed by atoms with Gasteiger partial charge >= 0.3 is 6.01 Å². The fourth-order valence-electron chi connectivity index (χ4n) is 3.93. The minimum Gasteiger partial charge on any atom is -0.407 e. The Morgan fingerprint density at radius 2 is 2.05 bits per heavy atom. The van der Waals surface area contributed by atoms with Crippen LogP contribution in [0.15, 0.2) is 4.42 Å². The van der Waals surface area contributed by atoms with Gasteiger partial charge in [-0.3, -0.25) is 0 Å². The van der Waals surface area contributed by atoms with E-state index >= 15 is 0 Å². The van der Waals surface area contributed by atoms with E-state index in [1.807, 2.05) is 0 Å². The Bertz CT molecular complexity index is 479. The number of hydrogen-bond donors (Lipinski definition) is 2. The molecule has 5 heteroatoms. The Labute approximate surface area is 127 Å². The van der Waals surface area contributed by atoms with Crippen molar-refractivity contribution in [1.82, 2.24) is 15.5 Å². The molecule has 0 amide bonds. The quantitative estimate of drug-likeness (QED) is 0.872. The highest BCUT2D eigenvalue weighted by molar-refractivity contribution is 5.20. The maximum Gasteiger partial charge on any atom is 0.315 e. The average Bonchev–Trinajstić information content (AvgIpc) is 3.11. The molecular formula is C16H28N4O. The lowest BCUT2D eigenvalue weighted by Gasteiger charge is -2.27. The molecule has 0 saturated heterocycles. The Morgan fingerprint density at radius 1 is 1.24 bits per heavy atom. The predicted molar refractivity (Wildman–Crippen MR) is 82.9 cm³/mol. The normalized spacial score (nSPS) is 29.8. The van der Waals surface area contributed by atoms with Crippen LogP contribution in [0, 0.1) is 17.8 Å². The first-order valence-electron chi connectivity index (χ1n) is 8.24. The largest absolute Gasteiger partial charge is 0.407 e. The molecule has 2 saturated carbocycles. The lowest BCUT2D eigenvalue weighted by atomic mass is 9.84. The van der Waals surface area contributed by atoms with Gasteiger partial charge in [-0.25, -0.2) is 0 Å². The minimum atomic E-state index is 0.0540. The summed E-state index contributed by atoms with van der Waals surface area (Å²) >= 11 is 0. The highest BCUT2D eigenvalue weighted by Crippen LogP contribution is 2.49. The smallest absolute Gasteiger partial charge is 0.315 e. The van der Waals surface area contributed by atoms with Crippen molar-refractivity contribution in [2.45, 2.75) is 71.5 Å². The number of nitrogens with zero attached hydrogens (tertiary/aromatic N) is 2. The van der Waals surface area contributed by atoms with Crippen molar-refractivity contribution in [1.29, 1.82) is 0 Å². The minimum absolute atomic E-state index is 0.0540. The molecule has 4 atom stereocenters. The molecule has 21 heavy (non-hydrogen) atoms. The van der Waals surface area contributed by atoms with Crippen molar-refractivity contribution in [2.75, 3.05) is 5.32 Å². The van der Waals surface area contributed by atoms with E-state index in [9.17, 15) is 0 Å². The molecule has 0 aromatic carbocycles. The molecule has 0 aliphatic heterocycles. The summed E-state index contributed by atoms with van der Waals surface area (Å²) in [7, 11) is 0. The van der Waals surface area contributed by atoms with Crippen LogP contribution in [0.25, 0.3) is 0 Å². The maximum absolute atomic E-state index is 5.69. The molecule has 2 aliphatic carbocycles. The van der Waals surface area contributed by atoms with Gasteiger partial charge in [0, 0.05) is 11.6 Å². The van der Waals surface area contributed by atoms with Crippen molar-refractivity contribution in [3.8, 4) is 0 Å². The van der Waals surface area contributed by atoms with E-state index in [4.69, 9.17) is 4.42 Å². The Balaban J connectivity index is 1.52. The van der Waals surface area contributed by atoms with Crippen LogP contribution in [0.1, 0.15) is 59.3 Å². The van der Waals surface area contributed by atoms with Crippen LogP contribution < -0.4 is 10.6 Å². The summed E-state index contributed by atoms with van der Waals surface area (Å²) in [5.74, 6) is 3.29. The lowest BCUT2D eigenvalue weighted by molar-refractivity contribution is 0.300. The van der Waals surface area contributed by atoms with E-state index in [2.05, 4.69) is 48.5 Å². The van der Waals surface area contributed by atoms with Gasteiger partial charge in [0.15, 0.2) is 0 Å². The topological polar surface area (TPSA) is 63.0 Å². The number of anilines is 1. The summed E-state index contributed by atoms with van der Waals surface area (Å²) in [6, 6.07) is 0.986. The van der Waals surface area contributed by atoms with Crippen molar-refractivity contribution < 1.29 is 4.42 Å². The Kier molecular flexibility index (Phi) is 3.95. The van der Waals surface area contributed by atoms with E-state index < -0.39 is 0 Å². The summed E-state index contributed by atoms with van der Waals surface area (Å²) in [5.41, 5.74) is 0.0540. The van der Waals surface area contributed by atoms with E-state index in [0.717, 1.165) is 17.8 Å². The summed E-state index contributed by atoms with van der Waals surface area (Å²) in [6.45, 7) is 9.24. The van der Waals surface area contributed by atoms with Gasteiger partial charge in [-0.15, -0.1) is 5.10 Å². The number of fused-ring (bicyclic) bond motifs is 2. The Morgan fingerprint density at radius 3 is 2.67 bits per heavy atom. The van der Waals surface area contributed by atoms with Crippen LogP contribution in [0.3, 0.4) is 0 Å². The van der Waals surface area contributed by atoms with Gasteiger partial charge < -0.3 is 15.1 Å². The first-order chi connectivity index (χ1) is 9.90. The first-order valence-corrected chi connectivity index (χ1v) is 8.24. The molecule has 2 aliphatic rings. The fraction of sp³-hybridized carbons (Fsp3) is 0.875. The van der Waals surface area contributed by atoms with E-state index in [-0.39, 0.29) is 5.54 Å². The number of hydrogen-bond acceptors (Lipinski definition) is 5. The van der Waals surface area contributed by atoms with Gasteiger partial charge in [0.25, 0.3) is 0 Å². The van der Waals surface area contributed by atoms with Gasteiger partial charge in [-0.1, -0.05) is 11.5 Å².